The highest BCUT2D eigenvalue weighted by atomic mass is 79.9. The van der Waals surface area contributed by atoms with E-state index in [0.29, 0.717) is 18.4 Å². The van der Waals surface area contributed by atoms with Crippen molar-refractivity contribution in [2.45, 2.75) is 29.4 Å². The van der Waals surface area contributed by atoms with Crippen LogP contribution >= 0.6 is 43.5 Å². The summed E-state index contributed by atoms with van der Waals surface area (Å²) in [5, 5.41) is 1.84. The monoisotopic (exact) mass is 714 g/mol. The summed E-state index contributed by atoms with van der Waals surface area (Å²) in [6, 6.07) is 19.0. The third kappa shape index (κ3) is 6.07. The van der Waals surface area contributed by atoms with Crippen LogP contribution < -0.4 is 4.74 Å². The number of benzene rings is 3. The Kier molecular flexibility index (Phi) is 8.96. The molecular formula is C31H25Br2ClN2O6. The van der Waals surface area contributed by atoms with Crippen molar-refractivity contribution >= 4 is 72.9 Å². The first-order valence-electron chi connectivity index (χ1n) is 13.2. The Morgan fingerprint density at radius 1 is 0.857 bits per heavy atom. The summed E-state index contributed by atoms with van der Waals surface area (Å²) in [6.07, 6.45) is 0.818. The predicted octanol–water partition coefficient (Wildman–Crippen LogP) is 6.03. The number of aryl methyl sites for hydroxylation is 1. The normalized spacial score (nSPS) is 21.6. The molecule has 4 atom stereocenters. The van der Waals surface area contributed by atoms with E-state index >= 15 is 0 Å². The van der Waals surface area contributed by atoms with Gasteiger partial charge in [0.05, 0.1) is 28.0 Å². The van der Waals surface area contributed by atoms with E-state index in [4.69, 9.17) is 16.3 Å². The lowest BCUT2D eigenvalue weighted by molar-refractivity contribution is -0.154. The van der Waals surface area contributed by atoms with Crippen LogP contribution in [0, 0.1) is 18.8 Å². The summed E-state index contributed by atoms with van der Waals surface area (Å²) in [5.41, 5.74) is 1.64. The van der Waals surface area contributed by atoms with E-state index in [1.54, 1.807) is 36.4 Å². The van der Waals surface area contributed by atoms with Crippen LogP contribution in [0.3, 0.4) is 0 Å². The molecule has 0 N–H and O–H groups in total. The SMILES string of the molecule is Cc1ccc(C(=O)Oc2ccc(C(=O)CN(C(=O)c3ccccc3Cl)N3C(=O)[C@@H]4C[C@H](Br)[C@@H](Br)C[C@H]4C3=O)cc2)cc1. The molecule has 216 valence electrons. The van der Waals surface area contributed by atoms with Gasteiger partial charge < -0.3 is 4.74 Å². The van der Waals surface area contributed by atoms with Crippen molar-refractivity contribution in [1.29, 1.82) is 0 Å². The van der Waals surface area contributed by atoms with Crippen molar-refractivity contribution in [3.63, 3.8) is 0 Å². The zero-order chi connectivity index (χ0) is 30.1. The molecule has 0 unspecified atom stereocenters. The lowest BCUT2D eigenvalue weighted by Gasteiger charge is -2.30. The summed E-state index contributed by atoms with van der Waals surface area (Å²) < 4.78 is 5.41. The summed E-state index contributed by atoms with van der Waals surface area (Å²) >= 11 is 13.4. The number of ether oxygens (including phenoxy) is 1. The molecule has 0 aromatic heterocycles. The number of hydrogen-bond donors (Lipinski definition) is 0. The third-order valence-corrected chi connectivity index (χ3v) is 10.5. The van der Waals surface area contributed by atoms with Crippen LogP contribution in [0.25, 0.3) is 0 Å². The van der Waals surface area contributed by atoms with E-state index in [1.165, 1.54) is 36.4 Å². The Bertz CT molecular complexity index is 1530. The van der Waals surface area contributed by atoms with Crippen LogP contribution in [-0.2, 0) is 9.59 Å². The van der Waals surface area contributed by atoms with Crippen molar-refractivity contribution in [2.75, 3.05) is 6.54 Å². The van der Waals surface area contributed by atoms with E-state index in [0.717, 1.165) is 15.6 Å². The molecule has 0 bridgehead atoms. The van der Waals surface area contributed by atoms with Gasteiger partial charge in [-0.1, -0.05) is 73.3 Å². The van der Waals surface area contributed by atoms with Crippen LogP contribution in [0.2, 0.25) is 5.02 Å². The van der Waals surface area contributed by atoms with Gasteiger partial charge in [-0.05, 0) is 68.3 Å². The fourth-order valence-corrected chi connectivity index (χ4v) is 6.57. The largest absolute Gasteiger partial charge is 0.423 e. The number of ketones is 1. The van der Waals surface area contributed by atoms with Gasteiger partial charge >= 0.3 is 5.97 Å². The molecule has 3 aromatic rings. The number of Topliss-reactive ketones (excluding diaryl/α,β-unsaturated/α-hetero) is 1. The molecule has 0 spiro atoms. The topological polar surface area (TPSA) is 101 Å². The van der Waals surface area contributed by atoms with Gasteiger partial charge in [0.1, 0.15) is 12.3 Å². The molecule has 2 aliphatic rings. The number of hydrazine groups is 1. The number of fused-ring (bicyclic) bond motifs is 1. The number of carbonyl (C=O) groups is 5. The van der Waals surface area contributed by atoms with E-state index in [1.807, 2.05) is 6.92 Å². The average molecular weight is 717 g/mol. The summed E-state index contributed by atoms with van der Waals surface area (Å²) in [6.45, 7) is 1.33. The summed E-state index contributed by atoms with van der Waals surface area (Å²) in [5.74, 6) is -3.88. The number of alkyl halides is 2. The van der Waals surface area contributed by atoms with Crippen LogP contribution in [0.1, 0.15) is 49.5 Å². The number of carbonyl (C=O) groups excluding carboxylic acids is 5. The first-order chi connectivity index (χ1) is 20.0. The molecule has 42 heavy (non-hydrogen) atoms. The minimum absolute atomic E-state index is 0.0246. The second kappa shape index (κ2) is 12.5. The molecule has 5 rings (SSSR count). The number of hydrogen-bond acceptors (Lipinski definition) is 6. The second-order valence-corrected chi connectivity index (χ2v) is 13.0. The molecule has 2 fully saturated rings. The van der Waals surface area contributed by atoms with Crippen LogP contribution in [-0.4, -0.2) is 55.7 Å². The highest BCUT2D eigenvalue weighted by molar-refractivity contribution is 9.12. The van der Waals surface area contributed by atoms with Crippen molar-refractivity contribution in [1.82, 2.24) is 10.0 Å². The van der Waals surface area contributed by atoms with Gasteiger partial charge in [-0.25, -0.2) is 9.80 Å². The molecule has 3 amide bonds. The molecule has 8 nitrogen and oxygen atoms in total. The van der Waals surface area contributed by atoms with Gasteiger partial charge in [0.25, 0.3) is 17.7 Å². The Morgan fingerprint density at radius 3 is 1.98 bits per heavy atom. The Morgan fingerprint density at radius 2 is 1.40 bits per heavy atom. The molecule has 1 aliphatic carbocycles. The minimum atomic E-state index is -0.747. The smallest absolute Gasteiger partial charge is 0.343 e. The molecule has 1 heterocycles. The van der Waals surface area contributed by atoms with Crippen molar-refractivity contribution in [3.8, 4) is 5.75 Å². The number of amides is 3. The number of halogens is 3. The van der Waals surface area contributed by atoms with Crippen LogP contribution in [0.15, 0.2) is 72.8 Å². The maximum absolute atomic E-state index is 13.7. The lowest BCUT2D eigenvalue weighted by Crippen LogP contribution is -2.52. The van der Waals surface area contributed by atoms with Crippen LogP contribution in [0.5, 0.6) is 5.75 Å². The molecular weight excluding hydrogens is 692 g/mol. The molecule has 1 saturated heterocycles. The Hall–Kier alpha value is -3.34. The quantitative estimate of drug-likeness (QED) is 0.0974. The fourth-order valence-electron chi connectivity index (χ4n) is 5.11. The summed E-state index contributed by atoms with van der Waals surface area (Å²) in [7, 11) is 0. The zero-order valence-corrected chi connectivity index (χ0v) is 26.3. The molecule has 1 aliphatic heterocycles. The van der Waals surface area contributed by atoms with Gasteiger partial charge in [-0.3, -0.25) is 19.2 Å². The number of rotatable bonds is 7. The lowest BCUT2D eigenvalue weighted by atomic mass is 9.81. The summed E-state index contributed by atoms with van der Waals surface area (Å²) in [4.78, 5) is 66.7. The second-order valence-electron chi connectivity index (χ2n) is 10.3. The van der Waals surface area contributed by atoms with Crippen molar-refractivity contribution < 1.29 is 28.7 Å². The van der Waals surface area contributed by atoms with Gasteiger partial charge in [-0.15, -0.1) is 0 Å². The number of esters is 1. The minimum Gasteiger partial charge on any atom is -0.423 e. The molecule has 11 heteroatoms. The van der Waals surface area contributed by atoms with Crippen molar-refractivity contribution in [2.24, 2.45) is 11.8 Å². The standard InChI is InChI=1S/C31H25Br2ClN2O6/c1-17-6-8-19(9-7-17)31(41)42-20-12-10-18(11-13-20)27(37)16-35(28(38)21-4-2-3-5-26(21)34)36-29(39)22-14-24(32)25(33)15-23(22)30(36)40/h2-13,22-25H,14-16H2,1H3/t22-,23-,24+,25+/m1/s1. The molecule has 1 saturated carbocycles. The Balaban J connectivity index is 1.38. The van der Waals surface area contributed by atoms with Gasteiger partial charge in [0, 0.05) is 15.2 Å². The van der Waals surface area contributed by atoms with Gasteiger partial charge in [0.15, 0.2) is 5.78 Å². The van der Waals surface area contributed by atoms with E-state index in [9.17, 15) is 24.0 Å². The van der Waals surface area contributed by atoms with Crippen LogP contribution in [0.4, 0.5) is 0 Å². The predicted molar refractivity (Wildman–Crippen MR) is 163 cm³/mol. The number of imide groups is 1. The first-order valence-corrected chi connectivity index (χ1v) is 15.4. The fraction of sp³-hybridized carbons (Fsp3) is 0.258. The molecule has 3 aromatic carbocycles. The average Bonchev–Trinajstić information content (AvgIpc) is 3.20. The maximum atomic E-state index is 13.7. The van der Waals surface area contributed by atoms with E-state index in [2.05, 4.69) is 31.9 Å². The van der Waals surface area contributed by atoms with Gasteiger partial charge in [0.2, 0.25) is 0 Å². The zero-order valence-electron chi connectivity index (χ0n) is 22.3. The first kappa shape index (κ1) is 30.1. The number of nitrogens with zero attached hydrogens (tertiary/aromatic N) is 2. The van der Waals surface area contributed by atoms with E-state index < -0.39 is 47.9 Å². The molecule has 0 radical (unpaired) electrons. The Labute approximate surface area is 264 Å². The van der Waals surface area contributed by atoms with Gasteiger partial charge in [-0.2, -0.15) is 5.01 Å². The highest BCUT2D eigenvalue weighted by Crippen LogP contribution is 2.43. The maximum Gasteiger partial charge on any atom is 0.343 e. The third-order valence-electron chi connectivity index (χ3n) is 7.44. The van der Waals surface area contributed by atoms with Crippen molar-refractivity contribution in [3.05, 3.63) is 100 Å². The highest BCUT2D eigenvalue weighted by Gasteiger charge is 2.54. The van der Waals surface area contributed by atoms with E-state index in [-0.39, 0.29) is 31.6 Å².